The van der Waals surface area contributed by atoms with Crippen molar-refractivity contribution in [3.63, 3.8) is 0 Å². The summed E-state index contributed by atoms with van der Waals surface area (Å²) in [5.41, 5.74) is 3.29. The third-order valence-electron chi connectivity index (χ3n) is 4.78. The van der Waals surface area contributed by atoms with Crippen LogP contribution in [-0.2, 0) is 18.3 Å². The van der Waals surface area contributed by atoms with Crippen molar-refractivity contribution in [2.45, 2.75) is 58.3 Å². The number of rotatable bonds is 3. The van der Waals surface area contributed by atoms with Gasteiger partial charge in [-0.3, -0.25) is 4.79 Å². The van der Waals surface area contributed by atoms with Crippen LogP contribution in [0.4, 0.5) is 5.69 Å². The van der Waals surface area contributed by atoms with E-state index in [1.165, 1.54) is 35.3 Å². The van der Waals surface area contributed by atoms with Crippen LogP contribution in [0.25, 0.3) is 0 Å². The molecule has 4 heteroatoms. The van der Waals surface area contributed by atoms with Crippen molar-refractivity contribution >= 4 is 22.9 Å². The molecule has 1 heterocycles. The third-order valence-corrected chi connectivity index (χ3v) is 6.02. The Morgan fingerprint density at radius 3 is 2.60 bits per heavy atom. The zero-order valence-corrected chi connectivity index (χ0v) is 16.4. The molecule has 0 fully saturated rings. The molecule has 1 amide bonds. The second-order valence-electron chi connectivity index (χ2n) is 7.74. The van der Waals surface area contributed by atoms with Crippen molar-refractivity contribution in [3.05, 3.63) is 45.1 Å². The van der Waals surface area contributed by atoms with Crippen molar-refractivity contribution in [2.75, 3.05) is 12.4 Å². The van der Waals surface area contributed by atoms with Gasteiger partial charge in [-0.2, -0.15) is 0 Å². The summed E-state index contributed by atoms with van der Waals surface area (Å²) in [7, 11) is 1.63. The van der Waals surface area contributed by atoms with Crippen molar-refractivity contribution < 1.29 is 9.53 Å². The van der Waals surface area contributed by atoms with E-state index in [0.717, 1.165) is 23.4 Å². The third kappa shape index (κ3) is 4.06. The normalized spacial score (nSPS) is 14.6. The largest absolute Gasteiger partial charge is 0.495 e. The number of nitrogens with one attached hydrogen (secondary N) is 1. The topological polar surface area (TPSA) is 38.3 Å². The lowest BCUT2D eigenvalue weighted by Gasteiger charge is -2.21. The van der Waals surface area contributed by atoms with Crippen LogP contribution in [0.1, 0.15) is 65.7 Å². The van der Waals surface area contributed by atoms with E-state index in [4.69, 9.17) is 4.74 Å². The van der Waals surface area contributed by atoms with Crippen molar-refractivity contribution in [1.29, 1.82) is 0 Å². The highest BCUT2D eigenvalue weighted by Crippen LogP contribution is 2.33. The van der Waals surface area contributed by atoms with Crippen molar-refractivity contribution in [1.82, 2.24) is 0 Å². The van der Waals surface area contributed by atoms with Gasteiger partial charge in [0.15, 0.2) is 0 Å². The molecule has 1 aromatic carbocycles. The summed E-state index contributed by atoms with van der Waals surface area (Å²) in [6.45, 7) is 6.49. The van der Waals surface area contributed by atoms with E-state index in [9.17, 15) is 4.79 Å². The summed E-state index contributed by atoms with van der Waals surface area (Å²) in [6, 6.07) is 8.09. The molecular weight excluding hydrogens is 330 g/mol. The molecule has 0 saturated carbocycles. The van der Waals surface area contributed by atoms with Crippen LogP contribution in [0.2, 0.25) is 0 Å². The molecule has 0 spiro atoms. The maximum atomic E-state index is 12.8. The van der Waals surface area contributed by atoms with E-state index in [0.29, 0.717) is 5.75 Å². The fourth-order valence-electron chi connectivity index (χ4n) is 3.24. The molecule has 0 saturated heterocycles. The minimum atomic E-state index is -0.0394. The Morgan fingerprint density at radius 1 is 1.12 bits per heavy atom. The number of amides is 1. The maximum Gasteiger partial charge on any atom is 0.265 e. The van der Waals surface area contributed by atoms with Gasteiger partial charge < -0.3 is 10.1 Å². The van der Waals surface area contributed by atoms with E-state index >= 15 is 0 Å². The van der Waals surface area contributed by atoms with Gasteiger partial charge in [0.05, 0.1) is 17.7 Å². The van der Waals surface area contributed by atoms with Gasteiger partial charge in [-0.1, -0.05) is 33.3 Å². The van der Waals surface area contributed by atoms with Gasteiger partial charge in [-0.15, -0.1) is 11.3 Å². The van der Waals surface area contributed by atoms with Crippen LogP contribution in [0.15, 0.2) is 24.3 Å². The molecule has 1 aromatic heterocycles. The molecule has 2 aromatic rings. The molecule has 0 radical (unpaired) electrons. The van der Waals surface area contributed by atoms with Crippen LogP contribution >= 0.6 is 11.3 Å². The number of ether oxygens (including phenoxy) is 1. The highest BCUT2D eigenvalue weighted by atomic mass is 32.1. The van der Waals surface area contributed by atoms with E-state index in [1.54, 1.807) is 18.4 Å². The van der Waals surface area contributed by atoms with Gasteiger partial charge in [-0.25, -0.2) is 0 Å². The minimum Gasteiger partial charge on any atom is -0.495 e. The maximum absolute atomic E-state index is 12.8. The zero-order chi connectivity index (χ0) is 18.0. The van der Waals surface area contributed by atoms with Crippen molar-refractivity contribution in [2.24, 2.45) is 0 Å². The van der Waals surface area contributed by atoms with E-state index < -0.39 is 0 Å². The zero-order valence-electron chi connectivity index (χ0n) is 15.6. The first-order valence-electron chi connectivity index (χ1n) is 9.00. The lowest BCUT2D eigenvalue weighted by molar-refractivity contribution is 0.103. The fraction of sp³-hybridized carbons (Fsp3) is 0.476. The first kappa shape index (κ1) is 18.0. The first-order valence-corrected chi connectivity index (χ1v) is 9.81. The van der Waals surface area contributed by atoms with Crippen LogP contribution in [0.5, 0.6) is 5.75 Å². The summed E-state index contributed by atoms with van der Waals surface area (Å²) in [5, 5.41) is 3.06. The monoisotopic (exact) mass is 357 g/mol. The smallest absolute Gasteiger partial charge is 0.265 e. The lowest BCUT2D eigenvalue weighted by atomic mass is 9.87. The number of anilines is 1. The Hall–Kier alpha value is -1.81. The highest BCUT2D eigenvalue weighted by Gasteiger charge is 2.20. The summed E-state index contributed by atoms with van der Waals surface area (Å²) >= 11 is 1.65. The molecule has 0 unspecified atom stereocenters. The number of benzene rings is 1. The Balaban J connectivity index is 1.85. The minimum absolute atomic E-state index is 0.0199. The predicted molar refractivity (Wildman–Crippen MR) is 105 cm³/mol. The number of fused-ring (bicyclic) bond motifs is 1. The summed E-state index contributed by atoms with van der Waals surface area (Å²) in [6.07, 6.45) is 5.96. The molecule has 0 aliphatic heterocycles. The Morgan fingerprint density at radius 2 is 1.88 bits per heavy atom. The van der Waals surface area contributed by atoms with E-state index in [-0.39, 0.29) is 11.3 Å². The molecule has 1 N–H and O–H groups in total. The standard InChI is InChI=1S/C21H27NO2S/c1-21(2,3)15-10-11-17(24-4)16(13-15)22-20(23)19-12-14-8-6-5-7-9-18(14)25-19/h10-13H,5-9H2,1-4H3,(H,22,23). The molecule has 3 rings (SSSR count). The molecule has 134 valence electrons. The first-order chi connectivity index (χ1) is 11.9. The highest BCUT2D eigenvalue weighted by molar-refractivity contribution is 7.14. The molecule has 1 aliphatic carbocycles. The second kappa shape index (κ2) is 7.20. The SMILES string of the molecule is COc1ccc(C(C)(C)C)cc1NC(=O)c1cc2c(s1)CCCCC2. The predicted octanol–water partition coefficient (Wildman–Crippen LogP) is 5.58. The molecular formula is C21H27NO2S. The number of thiophene rings is 1. The van der Waals surface area contributed by atoms with Crippen LogP contribution in [0.3, 0.4) is 0 Å². The van der Waals surface area contributed by atoms with Crippen LogP contribution in [0, 0.1) is 0 Å². The Kier molecular flexibility index (Phi) is 5.19. The summed E-state index contributed by atoms with van der Waals surface area (Å²) in [5.74, 6) is 0.655. The molecule has 3 nitrogen and oxygen atoms in total. The van der Waals surface area contributed by atoms with Gasteiger partial charge in [0.1, 0.15) is 5.75 Å². The lowest BCUT2D eigenvalue weighted by Crippen LogP contribution is -2.15. The number of aryl methyl sites for hydroxylation is 2. The number of carbonyl (C=O) groups excluding carboxylic acids is 1. The van der Waals surface area contributed by atoms with Gasteiger partial charge in [-0.05, 0) is 60.4 Å². The molecule has 0 atom stereocenters. The van der Waals surface area contributed by atoms with Gasteiger partial charge in [0.2, 0.25) is 0 Å². The van der Waals surface area contributed by atoms with Crippen LogP contribution < -0.4 is 10.1 Å². The van der Waals surface area contributed by atoms with Gasteiger partial charge >= 0.3 is 0 Å². The average molecular weight is 358 g/mol. The van der Waals surface area contributed by atoms with Crippen LogP contribution in [-0.4, -0.2) is 13.0 Å². The Labute approximate surface area is 154 Å². The number of hydrogen-bond donors (Lipinski definition) is 1. The Bertz CT molecular complexity index is 747. The summed E-state index contributed by atoms with van der Waals surface area (Å²) in [4.78, 5) is 15.0. The number of carbonyl (C=O) groups is 1. The second-order valence-corrected chi connectivity index (χ2v) is 8.88. The quantitative estimate of drug-likeness (QED) is 0.729. The molecule has 0 bridgehead atoms. The average Bonchev–Trinajstić information content (AvgIpc) is 2.85. The number of hydrogen-bond acceptors (Lipinski definition) is 3. The van der Waals surface area contributed by atoms with E-state index in [1.807, 2.05) is 12.1 Å². The number of methoxy groups -OCH3 is 1. The summed E-state index contributed by atoms with van der Waals surface area (Å²) < 4.78 is 5.44. The van der Waals surface area contributed by atoms with Gasteiger partial charge in [0.25, 0.3) is 5.91 Å². The molecule has 25 heavy (non-hydrogen) atoms. The van der Waals surface area contributed by atoms with E-state index in [2.05, 4.69) is 38.2 Å². The fourth-order valence-corrected chi connectivity index (χ4v) is 4.38. The molecule has 1 aliphatic rings. The van der Waals surface area contributed by atoms with Crippen molar-refractivity contribution in [3.8, 4) is 5.75 Å². The van der Waals surface area contributed by atoms with Gasteiger partial charge in [0, 0.05) is 4.88 Å².